The van der Waals surface area contributed by atoms with Crippen molar-refractivity contribution >= 4 is 21.7 Å². The molecule has 0 bridgehead atoms. The molecule has 0 spiro atoms. The van der Waals surface area contributed by atoms with Crippen LogP contribution in [0.4, 0.5) is 5.69 Å². The number of carbonyl (C=O) groups is 1. The lowest BCUT2D eigenvalue weighted by Gasteiger charge is -2.30. The lowest BCUT2D eigenvalue weighted by atomic mass is 10.0. The SMILES string of the molecule is CN(C)c1cccc(S(=O)(=O)N2CCCC(C(=O)O)C2)c1. The van der Waals surface area contributed by atoms with Crippen molar-refractivity contribution in [2.75, 3.05) is 32.1 Å². The maximum absolute atomic E-state index is 12.6. The Balaban J connectivity index is 2.29. The van der Waals surface area contributed by atoms with Gasteiger partial charge in [0.25, 0.3) is 0 Å². The first-order valence-electron chi connectivity index (χ1n) is 6.82. The van der Waals surface area contributed by atoms with Gasteiger partial charge in [-0.2, -0.15) is 4.31 Å². The van der Waals surface area contributed by atoms with Crippen molar-refractivity contribution in [1.82, 2.24) is 4.31 Å². The summed E-state index contributed by atoms with van der Waals surface area (Å²) in [4.78, 5) is 13.1. The summed E-state index contributed by atoms with van der Waals surface area (Å²) in [5, 5.41) is 9.08. The highest BCUT2D eigenvalue weighted by molar-refractivity contribution is 7.89. The highest BCUT2D eigenvalue weighted by atomic mass is 32.2. The van der Waals surface area contributed by atoms with Crippen LogP contribution in [0.2, 0.25) is 0 Å². The fraction of sp³-hybridized carbons (Fsp3) is 0.500. The third-order valence-electron chi connectivity index (χ3n) is 3.71. The van der Waals surface area contributed by atoms with Crippen molar-refractivity contribution < 1.29 is 18.3 Å². The molecule has 116 valence electrons. The highest BCUT2D eigenvalue weighted by Crippen LogP contribution is 2.25. The third kappa shape index (κ3) is 3.36. The molecule has 0 aromatic heterocycles. The van der Waals surface area contributed by atoms with E-state index in [2.05, 4.69) is 0 Å². The predicted octanol–water partition coefficient (Wildman–Crippen LogP) is 1.24. The number of hydrogen-bond donors (Lipinski definition) is 1. The van der Waals surface area contributed by atoms with Crippen LogP contribution < -0.4 is 4.90 Å². The van der Waals surface area contributed by atoms with Crippen molar-refractivity contribution in [1.29, 1.82) is 0 Å². The molecular formula is C14H20N2O4S. The van der Waals surface area contributed by atoms with Crippen molar-refractivity contribution in [3.05, 3.63) is 24.3 Å². The molecule has 1 aliphatic heterocycles. The Morgan fingerprint density at radius 1 is 1.38 bits per heavy atom. The maximum atomic E-state index is 12.6. The summed E-state index contributed by atoms with van der Waals surface area (Å²) in [6.45, 7) is 0.419. The number of rotatable bonds is 4. The van der Waals surface area contributed by atoms with Crippen LogP contribution in [0.5, 0.6) is 0 Å². The Labute approximate surface area is 125 Å². The monoisotopic (exact) mass is 312 g/mol. The second-order valence-electron chi connectivity index (χ2n) is 5.43. The first-order chi connectivity index (χ1) is 9.82. The van der Waals surface area contributed by atoms with Crippen LogP contribution in [0.1, 0.15) is 12.8 Å². The van der Waals surface area contributed by atoms with Gasteiger partial charge in [0.15, 0.2) is 0 Å². The Hall–Kier alpha value is -1.60. The summed E-state index contributed by atoms with van der Waals surface area (Å²) >= 11 is 0. The molecule has 2 rings (SSSR count). The molecule has 1 fully saturated rings. The Morgan fingerprint density at radius 3 is 2.71 bits per heavy atom. The molecule has 0 saturated carbocycles. The number of benzene rings is 1. The predicted molar refractivity (Wildman–Crippen MR) is 79.9 cm³/mol. The summed E-state index contributed by atoms with van der Waals surface area (Å²) in [7, 11) is 0.0396. The first-order valence-corrected chi connectivity index (χ1v) is 8.26. The standard InChI is InChI=1S/C14H20N2O4S/c1-15(2)12-6-3-7-13(9-12)21(19,20)16-8-4-5-11(10-16)14(17)18/h3,6-7,9,11H,4-5,8,10H2,1-2H3,(H,17,18). The number of carboxylic acids is 1. The molecular weight excluding hydrogens is 292 g/mol. The molecule has 1 aromatic carbocycles. The van der Waals surface area contributed by atoms with E-state index >= 15 is 0 Å². The van der Waals surface area contributed by atoms with Crippen molar-refractivity contribution in [2.24, 2.45) is 5.92 Å². The van der Waals surface area contributed by atoms with Gasteiger partial charge >= 0.3 is 5.97 Å². The quantitative estimate of drug-likeness (QED) is 0.905. The van der Waals surface area contributed by atoms with Gasteiger partial charge in [-0.15, -0.1) is 0 Å². The number of carboxylic acid groups (broad SMARTS) is 1. The largest absolute Gasteiger partial charge is 0.481 e. The van der Waals surface area contributed by atoms with Gasteiger partial charge in [0.1, 0.15) is 0 Å². The van der Waals surface area contributed by atoms with Gasteiger partial charge in [0.2, 0.25) is 10.0 Å². The van der Waals surface area contributed by atoms with Gasteiger partial charge in [0, 0.05) is 32.9 Å². The summed E-state index contributed by atoms with van der Waals surface area (Å²) in [5.74, 6) is -1.55. The van der Waals surface area contributed by atoms with Crippen LogP contribution in [-0.2, 0) is 14.8 Å². The van der Waals surface area contributed by atoms with E-state index in [0.717, 1.165) is 5.69 Å². The van der Waals surface area contributed by atoms with Crippen molar-refractivity contribution in [3.63, 3.8) is 0 Å². The van der Waals surface area contributed by atoms with E-state index < -0.39 is 21.9 Å². The van der Waals surface area contributed by atoms with Crippen LogP contribution in [0.15, 0.2) is 29.2 Å². The molecule has 6 nitrogen and oxygen atoms in total. The van der Waals surface area contributed by atoms with Gasteiger partial charge in [-0.05, 0) is 31.0 Å². The zero-order chi connectivity index (χ0) is 15.6. The highest BCUT2D eigenvalue weighted by Gasteiger charge is 2.33. The Kier molecular flexibility index (Phi) is 4.53. The molecule has 1 N–H and O–H groups in total. The Bertz CT molecular complexity index is 628. The van der Waals surface area contributed by atoms with Crippen LogP contribution in [0, 0.1) is 5.92 Å². The zero-order valence-electron chi connectivity index (χ0n) is 12.2. The van der Waals surface area contributed by atoms with E-state index in [1.807, 2.05) is 25.1 Å². The number of hydrogen-bond acceptors (Lipinski definition) is 4. The van der Waals surface area contributed by atoms with Gasteiger partial charge < -0.3 is 10.0 Å². The topological polar surface area (TPSA) is 77.9 Å². The molecule has 1 saturated heterocycles. The maximum Gasteiger partial charge on any atom is 0.307 e. The minimum Gasteiger partial charge on any atom is -0.481 e. The Morgan fingerprint density at radius 2 is 2.10 bits per heavy atom. The molecule has 0 amide bonds. The van der Waals surface area contributed by atoms with E-state index in [4.69, 9.17) is 5.11 Å². The lowest BCUT2D eigenvalue weighted by molar-refractivity contribution is -0.142. The molecule has 0 radical (unpaired) electrons. The number of anilines is 1. The normalized spacial score (nSPS) is 20.2. The van der Waals surface area contributed by atoms with Gasteiger partial charge in [-0.25, -0.2) is 8.42 Å². The van der Waals surface area contributed by atoms with Gasteiger partial charge in [0.05, 0.1) is 10.8 Å². The van der Waals surface area contributed by atoms with E-state index in [-0.39, 0.29) is 11.4 Å². The fourth-order valence-corrected chi connectivity index (χ4v) is 4.00. The second-order valence-corrected chi connectivity index (χ2v) is 7.37. The lowest BCUT2D eigenvalue weighted by Crippen LogP contribution is -2.42. The van der Waals surface area contributed by atoms with E-state index in [0.29, 0.717) is 19.4 Å². The van der Waals surface area contributed by atoms with E-state index in [1.165, 1.54) is 4.31 Å². The fourth-order valence-electron chi connectivity index (χ4n) is 2.43. The van der Waals surface area contributed by atoms with Crippen LogP contribution >= 0.6 is 0 Å². The molecule has 0 aliphatic carbocycles. The average molecular weight is 312 g/mol. The third-order valence-corrected chi connectivity index (χ3v) is 5.57. The second kappa shape index (κ2) is 6.03. The minimum atomic E-state index is -3.64. The molecule has 1 atom stereocenters. The smallest absolute Gasteiger partial charge is 0.307 e. The number of sulfonamides is 1. The molecule has 21 heavy (non-hydrogen) atoms. The summed E-state index contributed by atoms with van der Waals surface area (Å²) in [5.41, 5.74) is 0.794. The molecule has 1 unspecified atom stereocenters. The van der Waals surface area contributed by atoms with E-state index in [1.54, 1.807) is 18.2 Å². The van der Waals surface area contributed by atoms with Crippen molar-refractivity contribution in [3.8, 4) is 0 Å². The number of nitrogens with zero attached hydrogens (tertiary/aromatic N) is 2. The summed E-state index contributed by atoms with van der Waals surface area (Å²) in [6.07, 6.45) is 1.10. The van der Waals surface area contributed by atoms with Gasteiger partial charge in [-0.3, -0.25) is 4.79 Å². The van der Waals surface area contributed by atoms with Crippen LogP contribution in [-0.4, -0.2) is 51.0 Å². The number of aliphatic carboxylic acids is 1. The van der Waals surface area contributed by atoms with Crippen LogP contribution in [0.3, 0.4) is 0 Å². The average Bonchev–Trinajstić information content (AvgIpc) is 2.47. The number of piperidine rings is 1. The summed E-state index contributed by atoms with van der Waals surface area (Å²) < 4.78 is 26.6. The van der Waals surface area contributed by atoms with Crippen LogP contribution in [0.25, 0.3) is 0 Å². The molecule has 1 aromatic rings. The van der Waals surface area contributed by atoms with E-state index in [9.17, 15) is 13.2 Å². The summed E-state index contributed by atoms with van der Waals surface area (Å²) in [6, 6.07) is 6.68. The molecule has 1 aliphatic rings. The minimum absolute atomic E-state index is 0.0455. The molecule has 7 heteroatoms. The zero-order valence-corrected chi connectivity index (χ0v) is 13.0. The molecule has 1 heterocycles. The van der Waals surface area contributed by atoms with Crippen molar-refractivity contribution in [2.45, 2.75) is 17.7 Å². The van der Waals surface area contributed by atoms with Gasteiger partial charge in [-0.1, -0.05) is 6.07 Å². The first kappa shape index (κ1) is 15.8.